The quantitative estimate of drug-likeness (QED) is 0.770. The zero-order valence-electron chi connectivity index (χ0n) is 11.1. The van der Waals surface area contributed by atoms with Gasteiger partial charge in [0.15, 0.2) is 5.69 Å². The molecule has 101 valence electrons. The third-order valence-corrected chi connectivity index (χ3v) is 3.21. The van der Waals surface area contributed by atoms with Gasteiger partial charge >= 0.3 is 0 Å². The van der Waals surface area contributed by atoms with Crippen LogP contribution in [-0.4, -0.2) is 25.2 Å². The highest BCUT2D eigenvalue weighted by Gasteiger charge is 2.08. The molecule has 2 aromatic heterocycles. The highest BCUT2D eigenvalue weighted by molar-refractivity contribution is 5.90. The highest BCUT2D eigenvalue weighted by Crippen LogP contribution is 2.15. The van der Waals surface area contributed by atoms with Gasteiger partial charge in [-0.25, -0.2) is 4.98 Å². The maximum absolute atomic E-state index is 11.0. The van der Waals surface area contributed by atoms with Gasteiger partial charge in [-0.15, -0.1) is 0 Å². The van der Waals surface area contributed by atoms with Gasteiger partial charge < -0.3 is 10.3 Å². The second-order valence-corrected chi connectivity index (χ2v) is 4.55. The SMILES string of the molecule is Cc1nc2ccccc2n1CCn1c[c]c(C(N)=O)n1. The third-order valence-electron chi connectivity index (χ3n) is 3.21. The van der Waals surface area contributed by atoms with E-state index in [9.17, 15) is 4.79 Å². The van der Waals surface area contributed by atoms with E-state index in [-0.39, 0.29) is 5.69 Å². The standard InChI is InChI=1S/C14H14N5O/c1-10-16-11-4-2-3-5-13(11)19(10)9-8-18-7-6-12(17-18)14(15)20/h2-5,7H,8-9H2,1H3,(H2,15,20). The Hall–Kier alpha value is -2.63. The van der Waals surface area contributed by atoms with Gasteiger partial charge in [0.25, 0.3) is 5.91 Å². The van der Waals surface area contributed by atoms with Crippen LogP contribution in [-0.2, 0) is 13.1 Å². The van der Waals surface area contributed by atoms with Crippen molar-refractivity contribution in [3.8, 4) is 0 Å². The summed E-state index contributed by atoms with van der Waals surface area (Å²) >= 11 is 0. The van der Waals surface area contributed by atoms with E-state index >= 15 is 0 Å². The lowest BCUT2D eigenvalue weighted by Crippen LogP contribution is -2.14. The summed E-state index contributed by atoms with van der Waals surface area (Å²) in [7, 11) is 0. The van der Waals surface area contributed by atoms with Crippen LogP contribution in [0.3, 0.4) is 0 Å². The number of benzene rings is 1. The van der Waals surface area contributed by atoms with E-state index in [1.165, 1.54) is 0 Å². The number of rotatable bonds is 4. The molecule has 0 aliphatic carbocycles. The number of nitrogens with zero attached hydrogens (tertiary/aromatic N) is 4. The smallest absolute Gasteiger partial charge is 0.269 e. The van der Waals surface area contributed by atoms with Crippen LogP contribution >= 0.6 is 0 Å². The Bertz CT molecular complexity index is 771. The number of primary amides is 1. The molecular weight excluding hydrogens is 254 g/mol. The Morgan fingerprint density at radius 1 is 1.35 bits per heavy atom. The molecule has 0 saturated heterocycles. The highest BCUT2D eigenvalue weighted by atomic mass is 16.1. The normalized spacial score (nSPS) is 11.1. The fourth-order valence-corrected chi connectivity index (χ4v) is 2.24. The number of carbonyl (C=O) groups is 1. The molecule has 0 aliphatic heterocycles. The fourth-order valence-electron chi connectivity index (χ4n) is 2.24. The van der Waals surface area contributed by atoms with Gasteiger partial charge in [0.1, 0.15) is 5.82 Å². The Labute approximate surface area is 115 Å². The number of amides is 1. The Balaban J connectivity index is 1.82. The molecule has 0 atom stereocenters. The maximum atomic E-state index is 11.0. The van der Waals surface area contributed by atoms with Crippen LogP contribution in [0.4, 0.5) is 0 Å². The summed E-state index contributed by atoms with van der Waals surface area (Å²) < 4.78 is 3.79. The van der Waals surface area contributed by atoms with Crippen LogP contribution in [0, 0.1) is 13.0 Å². The zero-order valence-corrected chi connectivity index (χ0v) is 11.1. The van der Waals surface area contributed by atoms with E-state index in [1.807, 2.05) is 31.2 Å². The van der Waals surface area contributed by atoms with Crippen molar-refractivity contribution < 1.29 is 4.79 Å². The van der Waals surface area contributed by atoms with Crippen molar-refractivity contribution in [3.63, 3.8) is 0 Å². The van der Waals surface area contributed by atoms with Crippen LogP contribution in [0.25, 0.3) is 11.0 Å². The zero-order chi connectivity index (χ0) is 14.1. The predicted octanol–water partition coefficient (Wildman–Crippen LogP) is 1.14. The van der Waals surface area contributed by atoms with Crippen LogP contribution in [0.5, 0.6) is 0 Å². The van der Waals surface area contributed by atoms with Crippen molar-refractivity contribution in [2.24, 2.45) is 5.73 Å². The van der Waals surface area contributed by atoms with E-state index in [0.29, 0.717) is 6.54 Å². The first-order valence-electron chi connectivity index (χ1n) is 6.32. The molecule has 1 amide bonds. The fraction of sp³-hybridized carbons (Fsp3) is 0.214. The molecule has 3 rings (SSSR count). The van der Waals surface area contributed by atoms with Gasteiger partial charge in [-0.05, 0) is 19.1 Å². The molecule has 6 heteroatoms. The van der Waals surface area contributed by atoms with E-state index in [2.05, 4.69) is 20.7 Å². The summed E-state index contributed by atoms with van der Waals surface area (Å²) in [6, 6.07) is 10.7. The molecule has 0 unspecified atom stereocenters. The number of nitrogens with two attached hydrogens (primary N) is 1. The number of para-hydroxylation sites is 2. The molecule has 1 aromatic carbocycles. The lowest BCUT2D eigenvalue weighted by Gasteiger charge is -2.06. The van der Waals surface area contributed by atoms with Crippen molar-refractivity contribution >= 4 is 16.9 Å². The summed E-state index contributed by atoms with van der Waals surface area (Å²) in [4.78, 5) is 15.5. The number of carbonyl (C=O) groups excluding carboxylic acids is 1. The Morgan fingerprint density at radius 3 is 2.90 bits per heavy atom. The molecular formula is C14H14N5O. The average molecular weight is 268 g/mol. The summed E-state index contributed by atoms with van der Waals surface area (Å²) in [6.45, 7) is 3.33. The second kappa shape index (κ2) is 4.80. The number of hydrogen-bond donors (Lipinski definition) is 1. The minimum atomic E-state index is -0.562. The molecule has 3 aromatic rings. The lowest BCUT2D eigenvalue weighted by atomic mass is 10.3. The van der Waals surface area contributed by atoms with Gasteiger partial charge in [0.2, 0.25) is 0 Å². The molecule has 2 heterocycles. The number of imidazole rings is 1. The summed E-state index contributed by atoms with van der Waals surface area (Å²) in [5.74, 6) is 0.394. The van der Waals surface area contributed by atoms with Crippen LogP contribution in [0.15, 0.2) is 30.5 Å². The van der Waals surface area contributed by atoms with Crippen molar-refractivity contribution in [3.05, 3.63) is 48.0 Å². The number of aryl methyl sites for hydroxylation is 3. The van der Waals surface area contributed by atoms with E-state index in [0.717, 1.165) is 23.4 Å². The van der Waals surface area contributed by atoms with E-state index in [1.54, 1.807) is 10.9 Å². The lowest BCUT2D eigenvalue weighted by molar-refractivity contribution is 0.0994. The van der Waals surface area contributed by atoms with Gasteiger partial charge in [-0.3, -0.25) is 9.48 Å². The van der Waals surface area contributed by atoms with Crippen molar-refractivity contribution in [2.45, 2.75) is 20.0 Å². The molecule has 1 radical (unpaired) electrons. The summed E-state index contributed by atoms with van der Waals surface area (Å²) in [5, 5.41) is 4.07. The molecule has 6 nitrogen and oxygen atoms in total. The Kier molecular flexibility index (Phi) is 2.98. The number of fused-ring (bicyclic) bond motifs is 1. The molecule has 0 spiro atoms. The molecule has 0 saturated carbocycles. The second-order valence-electron chi connectivity index (χ2n) is 4.55. The predicted molar refractivity (Wildman–Crippen MR) is 74.1 cm³/mol. The van der Waals surface area contributed by atoms with Crippen molar-refractivity contribution in [1.82, 2.24) is 19.3 Å². The van der Waals surface area contributed by atoms with Gasteiger partial charge in [0, 0.05) is 18.8 Å². The van der Waals surface area contributed by atoms with E-state index < -0.39 is 5.91 Å². The molecule has 2 N–H and O–H groups in total. The summed E-state index contributed by atoms with van der Waals surface area (Å²) in [6.07, 6.45) is 1.63. The first-order chi connectivity index (χ1) is 9.65. The van der Waals surface area contributed by atoms with Crippen LogP contribution < -0.4 is 5.73 Å². The first kappa shape index (κ1) is 12.4. The molecule has 0 aliphatic rings. The largest absolute Gasteiger partial charge is 0.364 e. The van der Waals surface area contributed by atoms with E-state index in [4.69, 9.17) is 5.73 Å². The monoisotopic (exact) mass is 268 g/mol. The number of aromatic nitrogens is 4. The third kappa shape index (κ3) is 2.16. The number of hydrogen-bond acceptors (Lipinski definition) is 3. The van der Waals surface area contributed by atoms with Crippen molar-refractivity contribution in [2.75, 3.05) is 0 Å². The first-order valence-corrected chi connectivity index (χ1v) is 6.32. The van der Waals surface area contributed by atoms with Gasteiger partial charge in [-0.2, -0.15) is 5.10 Å². The average Bonchev–Trinajstić information content (AvgIpc) is 3.00. The molecule has 0 bridgehead atoms. The molecule has 0 fully saturated rings. The minimum Gasteiger partial charge on any atom is -0.364 e. The summed E-state index contributed by atoms with van der Waals surface area (Å²) in [5.41, 5.74) is 7.39. The Morgan fingerprint density at radius 2 is 2.15 bits per heavy atom. The van der Waals surface area contributed by atoms with Crippen LogP contribution in [0.1, 0.15) is 16.3 Å². The minimum absolute atomic E-state index is 0.164. The van der Waals surface area contributed by atoms with Gasteiger partial charge in [-0.1, -0.05) is 12.1 Å². The van der Waals surface area contributed by atoms with Crippen LogP contribution in [0.2, 0.25) is 0 Å². The maximum Gasteiger partial charge on any atom is 0.269 e. The molecule has 20 heavy (non-hydrogen) atoms. The van der Waals surface area contributed by atoms with Crippen molar-refractivity contribution in [1.29, 1.82) is 0 Å². The topological polar surface area (TPSA) is 78.7 Å². The van der Waals surface area contributed by atoms with Gasteiger partial charge in [0.05, 0.1) is 17.6 Å².